The number of rotatable bonds is 5. The van der Waals surface area contributed by atoms with Gasteiger partial charge < -0.3 is 10.1 Å². The first-order valence-corrected chi connectivity index (χ1v) is 7.16. The standard InChI is InChI=1S/C17H20ClNO/c1-12-5-4-6-16(9-12)20-14(3)11-19-15-8-7-13(2)17(18)10-15/h4-10,14,19H,11H2,1-3H3/t14-/m0/s1. The topological polar surface area (TPSA) is 21.3 Å². The quantitative estimate of drug-likeness (QED) is 0.851. The molecule has 2 aromatic rings. The van der Waals surface area contributed by atoms with Gasteiger partial charge in [-0.3, -0.25) is 0 Å². The van der Waals surface area contributed by atoms with Crippen molar-refractivity contribution in [2.75, 3.05) is 11.9 Å². The van der Waals surface area contributed by atoms with E-state index in [0.717, 1.165) is 28.6 Å². The molecule has 1 N–H and O–H groups in total. The third kappa shape index (κ3) is 4.17. The Morgan fingerprint density at radius 2 is 1.95 bits per heavy atom. The van der Waals surface area contributed by atoms with E-state index in [9.17, 15) is 0 Å². The Bertz CT molecular complexity index is 583. The van der Waals surface area contributed by atoms with Crippen LogP contribution in [0.1, 0.15) is 18.1 Å². The van der Waals surface area contributed by atoms with Gasteiger partial charge in [-0.1, -0.05) is 29.8 Å². The normalized spacial score (nSPS) is 12.0. The van der Waals surface area contributed by atoms with Crippen LogP contribution < -0.4 is 10.1 Å². The minimum atomic E-state index is 0.0804. The average Bonchev–Trinajstić information content (AvgIpc) is 2.40. The van der Waals surface area contributed by atoms with Crippen LogP contribution in [0.15, 0.2) is 42.5 Å². The summed E-state index contributed by atoms with van der Waals surface area (Å²) in [5.41, 5.74) is 3.30. The zero-order valence-electron chi connectivity index (χ0n) is 12.1. The van der Waals surface area contributed by atoms with E-state index in [1.807, 2.05) is 50.2 Å². The van der Waals surface area contributed by atoms with Gasteiger partial charge in [-0.2, -0.15) is 0 Å². The minimum absolute atomic E-state index is 0.0804. The van der Waals surface area contributed by atoms with Crippen molar-refractivity contribution in [3.63, 3.8) is 0 Å². The smallest absolute Gasteiger partial charge is 0.120 e. The highest BCUT2D eigenvalue weighted by Crippen LogP contribution is 2.20. The molecule has 2 rings (SSSR count). The van der Waals surface area contributed by atoms with Crippen LogP contribution in [-0.2, 0) is 0 Å². The van der Waals surface area contributed by atoms with Crippen molar-refractivity contribution >= 4 is 17.3 Å². The van der Waals surface area contributed by atoms with Crippen LogP contribution in [0, 0.1) is 13.8 Å². The van der Waals surface area contributed by atoms with E-state index in [-0.39, 0.29) is 6.10 Å². The molecule has 0 fully saturated rings. The van der Waals surface area contributed by atoms with E-state index in [0.29, 0.717) is 0 Å². The zero-order chi connectivity index (χ0) is 14.5. The first kappa shape index (κ1) is 14.7. The molecule has 0 radical (unpaired) electrons. The van der Waals surface area contributed by atoms with Gasteiger partial charge in [0.2, 0.25) is 0 Å². The molecule has 0 amide bonds. The van der Waals surface area contributed by atoms with E-state index in [1.165, 1.54) is 5.56 Å². The fourth-order valence-corrected chi connectivity index (χ4v) is 2.11. The van der Waals surface area contributed by atoms with Gasteiger partial charge in [0.1, 0.15) is 11.9 Å². The Balaban J connectivity index is 1.88. The highest BCUT2D eigenvalue weighted by molar-refractivity contribution is 6.31. The molecular weight excluding hydrogens is 270 g/mol. The van der Waals surface area contributed by atoms with Crippen LogP contribution in [0.25, 0.3) is 0 Å². The number of hydrogen-bond donors (Lipinski definition) is 1. The summed E-state index contributed by atoms with van der Waals surface area (Å²) in [4.78, 5) is 0. The monoisotopic (exact) mass is 289 g/mol. The summed E-state index contributed by atoms with van der Waals surface area (Å²) in [7, 11) is 0. The van der Waals surface area contributed by atoms with Crippen molar-refractivity contribution in [2.24, 2.45) is 0 Å². The number of ether oxygens (including phenoxy) is 1. The Morgan fingerprint density at radius 1 is 1.15 bits per heavy atom. The van der Waals surface area contributed by atoms with Gasteiger partial charge >= 0.3 is 0 Å². The van der Waals surface area contributed by atoms with Gasteiger partial charge in [-0.15, -0.1) is 0 Å². The molecule has 0 aliphatic rings. The van der Waals surface area contributed by atoms with Crippen molar-refractivity contribution in [1.82, 2.24) is 0 Å². The van der Waals surface area contributed by atoms with Crippen molar-refractivity contribution in [3.05, 3.63) is 58.6 Å². The van der Waals surface area contributed by atoms with Crippen LogP contribution in [0.2, 0.25) is 5.02 Å². The second-order valence-corrected chi connectivity index (χ2v) is 5.50. The summed E-state index contributed by atoms with van der Waals surface area (Å²) in [5.74, 6) is 0.904. The first-order valence-electron chi connectivity index (χ1n) is 6.78. The van der Waals surface area contributed by atoms with Gasteiger partial charge in [-0.25, -0.2) is 0 Å². The number of benzene rings is 2. The van der Waals surface area contributed by atoms with E-state index in [4.69, 9.17) is 16.3 Å². The summed E-state index contributed by atoms with van der Waals surface area (Å²) >= 11 is 6.11. The van der Waals surface area contributed by atoms with Gasteiger partial charge in [0.25, 0.3) is 0 Å². The number of anilines is 1. The lowest BCUT2D eigenvalue weighted by Gasteiger charge is -2.16. The maximum atomic E-state index is 6.11. The van der Waals surface area contributed by atoms with Crippen molar-refractivity contribution in [1.29, 1.82) is 0 Å². The maximum Gasteiger partial charge on any atom is 0.120 e. The van der Waals surface area contributed by atoms with Crippen LogP contribution in [0.5, 0.6) is 5.75 Å². The molecule has 0 bridgehead atoms. The molecule has 0 spiro atoms. The van der Waals surface area contributed by atoms with E-state index in [1.54, 1.807) is 0 Å². The van der Waals surface area contributed by atoms with Crippen molar-refractivity contribution < 1.29 is 4.74 Å². The van der Waals surface area contributed by atoms with Crippen LogP contribution >= 0.6 is 11.6 Å². The number of hydrogen-bond acceptors (Lipinski definition) is 2. The average molecular weight is 290 g/mol. The molecule has 20 heavy (non-hydrogen) atoms. The van der Waals surface area contributed by atoms with Gasteiger partial charge in [0.05, 0.1) is 6.54 Å². The van der Waals surface area contributed by atoms with Crippen molar-refractivity contribution in [2.45, 2.75) is 26.9 Å². The molecule has 0 heterocycles. The highest BCUT2D eigenvalue weighted by Gasteiger charge is 2.05. The molecule has 2 aromatic carbocycles. The van der Waals surface area contributed by atoms with E-state index < -0.39 is 0 Å². The SMILES string of the molecule is Cc1cccc(O[C@@H](C)CNc2ccc(C)c(Cl)c2)c1. The fraction of sp³-hybridized carbons (Fsp3) is 0.294. The lowest BCUT2D eigenvalue weighted by Crippen LogP contribution is -2.22. The molecule has 106 valence electrons. The molecule has 0 saturated carbocycles. The predicted molar refractivity (Wildman–Crippen MR) is 85.9 cm³/mol. The molecule has 0 aliphatic heterocycles. The summed E-state index contributed by atoms with van der Waals surface area (Å²) in [6, 6.07) is 14.1. The van der Waals surface area contributed by atoms with Gasteiger partial charge in [0, 0.05) is 10.7 Å². The third-order valence-corrected chi connectivity index (χ3v) is 3.50. The number of halogens is 1. The Hall–Kier alpha value is -1.67. The van der Waals surface area contributed by atoms with E-state index in [2.05, 4.69) is 18.3 Å². The summed E-state index contributed by atoms with van der Waals surface area (Å²) in [6.45, 7) is 6.83. The van der Waals surface area contributed by atoms with Gasteiger partial charge in [-0.05, 0) is 56.2 Å². The lowest BCUT2D eigenvalue weighted by molar-refractivity contribution is 0.234. The Labute approximate surface area is 125 Å². The Morgan fingerprint density at radius 3 is 2.65 bits per heavy atom. The molecule has 0 aliphatic carbocycles. The van der Waals surface area contributed by atoms with E-state index >= 15 is 0 Å². The molecule has 1 atom stereocenters. The van der Waals surface area contributed by atoms with Crippen molar-refractivity contribution in [3.8, 4) is 5.75 Å². The Kier molecular flexibility index (Phi) is 4.91. The molecule has 0 unspecified atom stereocenters. The maximum absolute atomic E-state index is 6.11. The summed E-state index contributed by atoms with van der Waals surface area (Å²) in [6.07, 6.45) is 0.0804. The first-order chi connectivity index (χ1) is 9.54. The minimum Gasteiger partial charge on any atom is -0.489 e. The highest BCUT2D eigenvalue weighted by atomic mass is 35.5. The van der Waals surface area contributed by atoms with Crippen LogP contribution in [0.3, 0.4) is 0 Å². The zero-order valence-corrected chi connectivity index (χ0v) is 12.9. The molecule has 3 heteroatoms. The largest absolute Gasteiger partial charge is 0.489 e. The second kappa shape index (κ2) is 6.67. The second-order valence-electron chi connectivity index (χ2n) is 5.09. The van der Waals surface area contributed by atoms with Gasteiger partial charge in [0.15, 0.2) is 0 Å². The molecular formula is C17H20ClNO. The summed E-state index contributed by atoms with van der Waals surface area (Å²) in [5, 5.41) is 4.12. The van der Waals surface area contributed by atoms with Crippen LogP contribution in [0.4, 0.5) is 5.69 Å². The number of aryl methyl sites for hydroxylation is 2. The third-order valence-electron chi connectivity index (χ3n) is 3.09. The summed E-state index contributed by atoms with van der Waals surface area (Å²) < 4.78 is 5.88. The molecule has 0 aromatic heterocycles. The molecule has 0 saturated heterocycles. The number of nitrogens with one attached hydrogen (secondary N) is 1. The molecule has 2 nitrogen and oxygen atoms in total. The van der Waals surface area contributed by atoms with Crippen LogP contribution in [-0.4, -0.2) is 12.6 Å². The lowest BCUT2D eigenvalue weighted by atomic mass is 10.2. The predicted octanol–water partition coefficient (Wildman–Crippen LogP) is 4.84. The fourth-order valence-electron chi connectivity index (χ4n) is 1.93.